The molecule has 0 aliphatic carbocycles. The number of benzene rings is 3. The first kappa shape index (κ1) is 24.9. The van der Waals surface area contributed by atoms with Crippen molar-refractivity contribution in [2.45, 2.75) is 12.1 Å². The van der Waals surface area contributed by atoms with Crippen molar-refractivity contribution in [2.24, 2.45) is 0 Å². The SMILES string of the molecule is CS(=O)(=O)OCc1nc(Cl)cc2c1c(I)nn2C(c1ccccc1)(c1ccccc1)c1ccccc1. The molecule has 2 heterocycles. The third kappa shape index (κ3) is 4.54. The van der Waals surface area contributed by atoms with Gasteiger partial charge in [-0.3, -0.25) is 4.18 Å². The van der Waals surface area contributed by atoms with Gasteiger partial charge in [-0.15, -0.1) is 0 Å². The van der Waals surface area contributed by atoms with Gasteiger partial charge in [-0.1, -0.05) is 103 Å². The van der Waals surface area contributed by atoms with Crippen LogP contribution in [0, 0.1) is 3.70 Å². The van der Waals surface area contributed by atoms with Crippen molar-refractivity contribution in [3.63, 3.8) is 0 Å². The Hall–Kier alpha value is -2.79. The number of aromatic nitrogens is 3. The molecule has 0 atom stereocenters. The lowest BCUT2D eigenvalue weighted by Gasteiger charge is -2.37. The second kappa shape index (κ2) is 9.93. The van der Waals surface area contributed by atoms with Crippen LogP contribution in [0.2, 0.25) is 5.15 Å². The molecule has 182 valence electrons. The summed E-state index contributed by atoms with van der Waals surface area (Å²) in [6.45, 7) is -0.243. The molecular weight excluding hydrogens is 609 g/mol. The van der Waals surface area contributed by atoms with Gasteiger partial charge < -0.3 is 0 Å². The van der Waals surface area contributed by atoms with Crippen LogP contribution in [0.3, 0.4) is 0 Å². The lowest BCUT2D eigenvalue weighted by molar-refractivity contribution is 0.308. The van der Waals surface area contributed by atoms with Crippen molar-refractivity contribution in [3.05, 3.63) is 128 Å². The van der Waals surface area contributed by atoms with Gasteiger partial charge in [-0.2, -0.15) is 13.5 Å². The summed E-state index contributed by atoms with van der Waals surface area (Å²) in [7, 11) is -3.68. The third-order valence-electron chi connectivity index (χ3n) is 5.97. The highest BCUT2D eigenvalue weighted by molar-refractivity contribution is 14.1. The maximum Gasteiger partial charge on any atom is 0.264 e. The summed E-state index contributed by atoms with van der Waals surface area (Å²) in [5, 5.41) is 5.95. The molecule has 0 fully saturated rings. The molecule has 0 N–H and O–H groups in total. The van der Waals surface area contributed by atoms with E-state index >= 15 is 0 Å². The van der Waals surface area contributed by atoms with Gasteiger partial charge >= 0.3 is 0 Å². The molecular formula is C27H21ClIN3O3S. The molecule has 0 unspecified atom stereocenters. The highest BCUT2D eigenvalue weighted by atomic mass is 127. The topological polar surface area (TPSA) is 74.1 Å². The van der Waals surface area contributed by atoms with Crippen molar-refractivity contribution in [1.82, 2.24) is 14.8 Å². The Bertz CT molecular complexity index is 1530. The van der Waals surface area contributed by atoms with Crippen molar-refractivity contribution in [1.29, 1.82) is 0 Å². The quantitative estimate of drug-likeness (QED) is 0.0955. The number of nitrogens with zero attached hydrogens (tertiary/aromatic N) is 3. The Morgan fingerprint density at radius 1 is 0.889 bits per heavy atom. The van der Waals surface area contributed by atoms with E-state index in [-0.39, 0.29) is 11.8 Å². The fourth-order valence-electron chi connectivity index (χ4n) is 4.56. The summed E-state index contributed by atoms with van der Waals surface area (Å²) in [5.74, 6) is 0. The van der Waals surface area contributed by atoms with E-state index in [0.717, 1.165) is 22.9 Å². The van der Waals surface area contributed by atoms with Crippen molar-refractivity contribution in [2.75, 3.05) is 6.26 Å². The lowest BCUT2D eigenvalue weighted by Crippen LogP contribution is -2.38. The first-order chi connectivity index (χ1) is 17.3. The molecule has 2 aromatic heterocycles. The molecule has 5 aromatic rings. The number of fused-ring (bicyclic) bond motifs is 1. The van der Waals surface area contributed by atoms with Crippen molar-refractivity contribution >= 4 is 55.2 Å². The highest BCUT2D eigenvalue weighted by Crippen LogP contribution is 2.43. The molecule has 0 bridgehead atoms. The number of hydrogen-bond donors (Lipinski definition) is 0. The summed E-state index contributed by atoms with van der Waals surface area (Å²) in [5.41, 5.74) is 3.27. The molecule has 0 aliphatic rings. The number of halogens is 2. The Balaban J connectivity index is 1.91. The summed E-state index contributed by atoms with van der Waals surface area (Å²) < 4.78 is 31.2. The molecule has 36 heavy (non-hydrogen) atoms. The normalized spacial score (nSPS) is 12.2. The Morgan fingerprint density at radius 3 is 1.81 bits per heavy atom. The summed E-state index contributed by atoms with van der Waals surface area (Å²) in [6, 6.07) is 32.2. The zero-order valence-corrected chi connectivity index (χ0v) is 22.9. The van der Waals surface area contributed by atoms with E-state index in [9.17, 15) is 8.42 Å². The lowest BCUT2D eigenvalue weighted by atomic mass is 9.77. The van der Waals surface area contributed by atoms with Gasteiger partial charge in [0.15, 0.2) is 0 Å². The van der Waals surface area contributed by atoms with Crippen LogP contribution in [0.1, 0.15) is 22.4 Å². The minimum atomic E-state index is -3.68. The van der Waals surface area contributed by atoms with Crippen LogP contribution in [0.5, 0.6) is 0 Å². The van der Waals surface area contributed by atoms with Crippen molar-refractivity contribution in [3.8, 4) is 0 Å². The largest absolute Gasteiger partial charge is 0.264 e. The van der Waals surface area contributed by atoms with Gasteiger partial charge in [0.25, 0.3) is 10.1 Å². The van der Waals surface area contributed by atoms with Crippen LogP contribution in [0.15, 0.2) is 97.1 Å². The fraction of sp³-hybridized carbons (Fsp3) is 0.111. The number of hydrogen-bond acceptors (Lipinski definition) is 5. The average molecular weight is 630 g/mol. The first-order valence-electron chi connectivity index (χ1n) is 11.1. The van der Waals surface area contributed by atoms with Crippen LogP contribution in [-0.2, 0) is 26.4 Å². The number of rotatable bonds is 7. The van der Waals surface area contributed by atoms with E-state index in [1.165, 1.54) is 0 Å². The maximum atomic E-state index is 11.7. The minimum Gasteiger partial charge on any atom is -0.264 e. The molecule has 0 saturated carbocycles. The van der Waals surface area contributed by atoms with E-state index in [1.54, 1.807) is 6.07 Å². The van der Waals surface area contributed by atoms with Gasteiger partial charge in [0.05, 0.1) is 22.9 Å². The zero-order valence-electron chi connectivity index (χ0n) is 19.2. The van der Waals surface area contributed by atoms with Crippen LogP contribution in [0.4, 0.5) is 0 Å². The van der Waals surface area contributed by atoms with Crippen LogP contribution in [-0.4, -0.2) is 29.4 Å². The molecule has 3 aromatic carbocycles. The molecule has 0 amide bonds. The van der Waals surface area contributed by atoms with E-state index < -0.39 is 15.7 Å². The van der Waals surface area contributed by atoms with E-state index in [2.05, 4.69) is 64.0 Å². The van der Waals surface area contributed by atoms with Crippen LogP contribution in [0.25, 0.3) is 10.9 Å². The first-order valence-corrected chi connectivity index (χ1v) is 14.3. The van der Waals surface area contributed by atoms with Crippen molar-refractivity contribution < 1.29 is 12.6 Å². The highest BCUT2D eigenvalue weighted by Gasteiger charge is 2.41. The van der Waals surface area contributed by atoms with Gasteiger partial charge in [0.1, 0.15) is 21.0 Å². The second-order valence-corrected chi connectivity index (χ2v) is 11.3. The summed E-state index contributed by atoms with van der Waals surface area (Å²) in [6.07, 6.45) is 1.01. The zero-order chi connectivity index (χ0) is 25.3. The molecule has 9 heteroatoms. The maximum absolute atomic E-state index is 11.7. The van der Waals surface area contributed by atoms with Crippen LogP contribution < -0.4 is 0 Å². The summed E-state index contributed by atoms with van der Waals surface area (Å²) >= 11 is 8.64. The van der Waals surface area contributed by atoms with E-state index in [4.69, 9.17) is 20.9 Å². The van der Waals surface area contributed by atoms with Gasteiger partial charge in [-0.25, -0.2) is 9.67 Å². The molecule has 0 radical (unpaired) electrons. The Kier molecular flexibility index (Phi) is 6.86. The monoisotopic (exact) mass is 629 g/mol. The van der Waals surface area contributed by atoms with Gasteiger partial charge in [0.2, 0.25) is 0 Å². The molecule has 5 rings (SSSR count). The van der Waals surface area contributed by atoms with Crippen LogP contribution >= 0.6 is 34.2 Å². The van der Waals surface area contributed by atoms with E-state index in [1.807, 2.05) is 59.3 Å². The number of pyridine rings is 1. The minimum absolute atomic E-state index is 0.218. The average Bonchev–Trinajstić information content (AvgIpc) is 3.21. The van der Waals surface area contributed by atoms with Gasteiger partial charge in [0, 0.05) is 6.07 Å². The predicted molar refractivity (Wildman–Crippen MR) is 149 cm³/mol. The summed E-state index contributed by atoms with van der Waals surface area (Å²) in [4.78, 5) is 4.40. The second-order valence-electron chi connectivity index (χ2n) is 8.26. The molecule has 6 nitrogen and oxygen atoms in total. The molecule has 0 aliphatic heterocycles. The Morgan fingerprint density at radius 2 is 1.36 bits per heavy atom. The Labute approximate surface area is 228 Å². The predicted octanol–water partition coefficient (Wildman–Crippen LogP) is 6.01. The standard InChI is InChI=1S/C27H21ClIN3O3S/c1-36(33,34)35-18-22-25-23(17-24(28)30-22)32(31-26(25)29)27(19-11-5-2-6-12-19,20-13-7-3-8-14-20)21-15-9-4-10-16-21/h2-17H,18H2,1H3. The molecule has 0 saturated heterocycles. The third-order valence-corrected chi connectivity index (χ3v) is 7.46. The van der Waals surface area contributed by atoms with Gasteiger partial charge in [-0.05, 0) is 39.3 Å². The smallest absolute Gasteiger partial charge is 0.264 e. The molecule has 0 spiro atoms. The van der Waals surface area contributed by atoms with E-state index in [0.29, 0.717) is 20.3 Å². The fourth-order valence-corrected chi connectivity index (χ4v) is 5.90.